The van der Waals surface area contributed by atoms with Crippen molar-refractivity contribution in [2.24, 2.45) is 5.73 Å². The van der Waals surface area contributed by atoms with Crippen LogP contribution in [0.1, 0.15) is 12.1 Å². The molecule has 0 aliphatic carbocycles. The standard InChI is InChI=1S/C11H14ClN3/c1-8-10-7-9(12)3-4-11(10)14-15(8)6-2-5-13/h3-4,7H,2,5-6,13H2,1H3. The molecule has 80 valence electrons. The lowest BCUT2D eigenvalue weighted by molar-refractivity contribution is 0.576. The summed E-state index contributed by atoms with van der Waals surface area (Å²) in [7, 11) is 0. The zero-order chi connectivity index (χ0) is 10.8. The molecule has 0 spiro atoms. The minimum absolute atomic E-state index is 0.691. The average Bonchev–Trinajstić information content (AvgIpc) is 2.53. The molecule has 1 aromatic carbocycles. The number of benzene rings is 1. The molecule has 4 heteroatoms. The number of aromatic nitrogens is 2. The Morgan fingerprint density at radius 1 is 1.47 bits per heavy atom. The van der Waals surface area contributed by atoms with Crippen molar-refractivity contribution in [3.05, 3.63) is 28.9 Å². The monoisotopic (exact) mass is 223 g/mol. The second kappa shape index (κ2) is 4.21. The van der Waals surface area contributed by atoms with Gasteiger partial charge in [0.25, 0.3) is 0 Å². The number of rotatable bonds is 3. The Morgan fingerprint density at radius 3 is 3.00 bits per heavy atom. The van der Waals surface area contributed by atoms with Gasteiger partial charge in [0.05, 0.1) is 5.52 Å². The minimum atomic E-state index is 0.691. The molecular formula is C11H14ClN3. The highest BCUT2D eigenvalue weighted by molar-refractivity contribution is 6.31. The Bertz CT molecular complexity index is 476. The van der Waals surface area contributed by atoms with E-state index in [1.54, 1.807) is 0 Å². The first-order chi connectivity index (χ1) is 7.22. The van der Waals surface area contributed by atoms with Crippen LogP contribution in [0.4, 0.5) is 0 Å². The van der Waals surface area contributed by atoms with Crippen molar-refractivity contribution >= 4 is 22.5 Å². The van der Waals surface area contributed by atoms with E-state index in [-0.39, 0.29) is 0 Å². The number of aryl methyl sites for hydroxylation is 2. The summed E-state index contributed by atoms with van der Waals surface area (Å²) in [6.45, 7) is 3.62. The van der Waals surface area contributed by atoms with E-state index in [2.05, 4.69) is 12.0 Å². The number of hydrogen-bond acceptors (Lipinski definition) is 2. The Hall–Kier alpha value is -1.06. The van der Waals surface area contributed by atoms with Crippen LogP contribution in [0.15, 0.2) is 18.2 Å². The van der Waals surface area contributed by atoms with Gasteiger partial charge in [0.15, 0.2) is 0 Å². The lowest BCUT2D eigenvalue weighted by Crippen LogP contribution is -2.07. The van der Waals surface area contributed by atoms with Gasteiger partial charge in [0, 0.05) is 22.6 Å². The molecule has 0 bridgehead atoms. The first kappa shape index (κ1) is 10.5. The van der Waals surface area contributed by atoms with Crippen molar-refractivity contribution in [3.8, 4) is 0 Å². The fraction of sp³-hybridized carbons (Fsp3) is 0.364. The van der Waals surface area contributed by atoms with Crippen LogP contribution in [-0.2, 0) is 6.54 Å². The van der Waals surface area contributed by atoms with Crippen LogP contribution in [0.5, 0.6) is 0 Å². The molecule has 2 aromatic rings. The highest BCUT2D eigenvalue weighted by Gasteiger charge is 2.06. The number of fused-ring (bicyclic) bond motifs is 1. The quantitative estimate of drug-likeness (QED) is 0.868. The molecule has 1 aromatic heterocycles. The molecule has 3 nitrogen and oxygen atoms in total. The zero-order valence-electron chi connectivity index (χ0n) is 8.70. The van der Waals surface area contributed by atoms with Crippen molar-refractivity contribution in [2.45, 2.75) is 19.9 Å². The highest BCUT2D eigenvalue weighted by atomic mass is 35.5. The zero-order valence-corrected chi connectivity index (χ0v) is 9.46. The van der Waals surface area contributed by atoms with Crippen LogP contribution in [0.25, 0.3) is 10.9 Å². The fourth-order valence-corrected chi connectivity index (χ4v) is 1.86. The molecule has 0 saturated heterocycles. The van der Waals surface area contributed by atoms with Crippen LogP contribution in [0.3, 0.4) is 0 Å². The van der Waals surface area contributed by atoms with Gasteiger partial charge in [-0.3, -0.25) is 4.68 Å². The van der Waals surface area contributed by atoms with Gasteiger partial charge in [0.2, 0.25) is 0 Å². The fourth-order valence-electron chi connectivity index (χ4n) is 1.69. The molecule has 15 heavy (non-hydrogen) atoms. The van der Waals surface area contributed by atoms with Crippen molar-refractivity contribution in [3.63, 3.8) is 0 Å². The van der Waals surface area contributed by atoms with Crippen molar-refractivity contribution < 1.29 is 0 Å². The van der Waals surface area contributed by atoms with Crippen LogP contribution >= 0.6 is 11.6 Å². The van der Waals surface area contributed by atoms with Gasteiger partial charge in [-0.2, -0.15) is 5.10 Å². The van der Waals surface area contributed by atoms with E-state index in [1.165, 1.54) is 0 Å². The largest absolute Gasteiger partial charge is 0.330 e. The third-order valence-electron chi connectivity index (χ3n) is 2.54. The molecule has 0 aliphatic heterocycles. The van der Waals surface area contributed by atoms with Gasteiger partial charge in [-0.25, -0.2) is 0 Å². The summed E-state index contributed by atoms with van der Waals surface area (Å²) >= 11 is 5.95. The van der Waals surface area contributed by atoms with Crippen LogP contribution in [-0.4, -0.2) is 16.3 Å². The van der Waals surface area contributed by atoms with Gasteiger partial charge in [-0.15, -0.1) is 0 Å². The van der Waals surface area contributed by atoms with E-state index in [9.17, 15) is 0 Å². The number of halogens is 1. The van der Waals surface area contributed by atoms with Gasteiger partial charge in [-0.1, -0.05) is 11.6 Å². The Labute approximate surface area is 93.8 Å². The third kappa shape index (κ3) is 1.98. The lowest BCUT2D eigenvalue weighted by atomic mass is 10.2. The van der Waals surface area contributed by atoms with Crippen molar-refractivity contribution in [1.82, 2.24) is 9.78 Å². The SMILES string of the molecule is Cc1c2cc(Cl)ccc2nn1CCCN. The summed E-state index contributed by atoms with van der Waals surface area (Å²) in [4.78, 5) is 0. The van der Waals surface area contributed by atoms with E-state index in [4.69, 9.17) is 17.3 Å². The molecule has 0 fully saturated rings. The topological polar surface area (TPSA) is 43.8 Å². The van der Waals surface area contributed by atoms with E-state index in [0.29, 0.717) is 6.54 Å². The number of hydrogen-bond donors (Lipinski definition) is 1. The Balaban J connectivity index is 2.45. The van der Waals surface area contributed by atoms with Gasteiger partial charge >= 0.3 is 0 Å². The van der Waals surface area contributed by atoms with Crippen LogP contribution < -0.4 is 5.73 Å². The lowest BCUT2D eigenvalue weighted by Gasteiger charge is -2.01. The minimum Gasteiger partial charge on any atom is -0.330 e. The summed E-state index contributed by atoms with van der Waals surface area (Å²) in [5.74, 6) is 0. The number of nitrogens with zero attached hydrogens (tertiary/aromatic N) is 2. The van der Waals surface area contributed by atoms with E-state index >= 15 is 0 Å². The van der Waals surface area contributed by atoms with E-state index < -0.39 is 0 Å². The third-order valence-corrected chi connectivity index (χ3v) is 2.77. The first-order valence-corrected chi connectivity index (χ1v) is 5.43. The van der Waals surface area contributed by atoms with E-state index in [0.717, 1.165) is 34.6 Å². The highest BCUT2D eigenvalue weighted by Crippen LogP contribution is 2.21. The van der Waals surface area contributed by atoms with Gasteiger partial charge in [0.1, 0.15) is 0 Å². The number of nitrogens with two attached hydrogens (primary N) is 1. The second-order valence-electron chi connectivity index (χ2n) is 3.61. The average molecular weight is 224 g/mol. The summed E-state index contributed by atoms with van der Waals surface area (Å²) in [5.41, 5.74) is 7.63. The Kier molecular flexibility index (Phi) is 2.93. The predicted octanol–water partition coefficient (Wildman–Crippen LogP) is 2.35. The molecule has 0 radical (unpaired) electrons. The molecule has 1 heterocycles. The molecule has 0 atom stereocenters. The summed E-state index contributed by atoms with van der Waals surface area (Å²) < 4.78 is 1.99. The molecule has 0 unspecified atom stereocenters. The van der Waals surface area contributed by atoms with Crippen molar-refractivity contribution in [1.29, 1.82) is 0 Å². The maximum atomic E-state index is 5.95. The maximum Gasteiger partial charge on any atom is 0.0927 e. The maximum absolute atomic E-state index is 5.95. The Morgan fingerprint density at radius 2 is 2.27 bits per heavy atom. The predicted molar refractivity (Wildman–Crippen MR) is 63.2 cm³/mol. The summed E-state index contributed by atoms with van der Waals surface area (Å²) in [6.07, 6.45) is 0.947. The summed E-state index contributed by atoms with van der Waals surface area (Å²) in [5, 5.41) is 6.37. The second-order valence-corrected chi connectivity index (χ2v) is 4.05. The smallest absolute Gasteiger partial charge is 0.0927 e. The van der Waals surface area contributed by atoms with E-state index in [1.807, 2.05) is 22.9 Å². The van der Waals surface area contributed by atoms with Gasteiger partial charge < -0.3 is 5.73 Å². The molecule has 0 saturated carbocycles. The molecular weight excluding hydrogens is 210 g/mol. The molecule has 0 aliphatic rings. The van der Waals surface area contributed by atoms with Crippen LogP contribution in [0, 0.1) is 6.92 Å². The first-order valence-electron chi connectivity index (χ1n) is 5.05. The van der Waals surface area contributed by atoms with Gasteiger partial charge in [-0.05, 0) is 38.1 Å². The van der Waals surface area contributed by atoms with Crippen LogP contribution in [0.2, 0.25) is 5.02 Å². The summed E-state index contributed by atoms with van der Waals surface area (Å²) in [6, 6.07) is 5.77. The normalized spacial score (nSPS) is 11.1. The molecule has 2 N–H and O–H groups in total. The molecule has 0 amide bonds. The molecule has 2 rings (SSSR count). The van der Waals surface area contributed by atoms with Crippen molar-refractivity contribution in [2.75, 3.05) is 6.54 Å².